The number of amides is 1. The van der Waals surface area contributed by atoms with Gasteiger partial charge in [0.25, 0.3) is 5.91 Å². The molecule has 2 aromatic carbocycles. The highest BCUT2D eigenvalue weighted by molar-refractivity contribution is 8.01. The Bertz CT molecular complexity index is 1310. The van der Waals surface area contributed by atoms with Crippen molar-refractivity contribution in [1.82, 2.24) is 14.5 Å². The first-order chi connectivity index (χ1) is 16.8. The quantitative estimate of drug-likeness (QED) is 0.329. The molecule has 1 N–H and O–H groups in total. The van der Waals surface area contributed by atoms with Gasteiger partial charge in [0.2, 0.25) is 15.2 Å². The van der Waals surface area contributed by atoms with Crippen molar-refractivity contribution in [3.05, 3.63) is 53.1 Å². The van der Waals surface area contributed by atoms with Gasteiger partial charge >= 0.3 is 0 Å². The van der Waals surface area contributed by atoms with Gasteiger partial charge in [-0.25, -0.2) is 8.42 Å². The van der Waals surface area contributed by atoms with Crippen LogP contribution in [0.15, 0.2) is 51.7 Å². The smallest absolute Gasteiger partial charge is 0.257 e. The lowest BCUT2D eigenvalue weighted by Gasteiger charge is -2.35. The number of carbonyl (C=O) groups excluding carboxylic acids is 1. The zero-order chi connectivity index (χ0) is 25.0. The number of thioether (sulfide) groups is 1. The summed E-state index contributed by atoms with van der Waals surface area (Å²) >= 11 is 8.89. The van der Waals surface area contributed by atoms with E-state index in [-0.39, 0.29) is 29.3 Å². The number of halogens is 1. The first-order valence-electron chi connectivity index (χ1n) is 10.8. The Morgan fingerprint density at radius 3 is 2.63 bits per heavy atom. The lowest BCUT2D eigenvalue weighted by atomic mass is 10.2. The Morgan fingerprint density at radius 1 is 1.17 bits per heavy atom. The van der Waals surface area contributed by atoms with Crippen LogP contribution in [0.1, 0.15) is 17.3 Å². The van der Waals surface area contributed by atoms with E-state index in [1.54, 1.807) is 6.07 Å². The van der Waals surface area contributed by atoms with Crippen molar-refractivity contribution in [2.75, 3.05) is 49.3 Å². The Hall–Kier alpha value is -2.38. The first kappa shape index (κ1) is 25.7. The molecular formula is C22H24ClN5O4S3. The van der Waals surface area contributed by atoms with Crippen LogP contribution in [-0.2, 0) is 10.0 Å². The second-order valence-electron chi connectivity index (χ2n) is 7.50. The van der Waals surface area contributed by atoms with Gasteiger partial charge in [0.15, 0.2) is 4.34 Å². The number of benzene rings is 2. The average molecular weight is 554 g/mol. The number of aromatic nitrogens is 2. The minimum atomic E-state index is -3.90. The highest BCUT2D eigenvalue weighted by atomic mass is 35.5. The van der Waals surface area contributed by atoms with Crippen LogP contribution >= 0.6 is 34.7 Å². The Balaban J connectivity index is 1.51. The molecule has 0 saturated carbocycles. The van der Waals surface area contributed by atoms with Crippen LogP contribution in [0.3, 0.4) is 0 Å². The normalized spacial score (nSPS) is 14.7. The molecule has 1 amide bonds. The van der Waals surface area contributed by atoms with Crippen LogP contribution in [0.25, 0.3) is 0 Å². The molecule has 1 aliphatic heterocycles. The van der Waals surface area contributed by atoms with Crippen molar-refractivity contribution in [3.8, 4) is 5.75 Å². The molecule has 9 nitrogen and oxygen atoms in total. The maximum atomic E-state index is 13.5. The fourth-order valence-corrected chi connectivity index (χ4v) is 7.06. The van der Waals surface area contributed by atoms with Crippen LogP contribution in [0.4, 0.5) is 10.8 Å². The summed E-state index contributed by atoms with van der Waals surface area (Å²) in [5, 5.41) is 11.6. The number of piperazine rings is 1. The summed E-state index contributed by atoms with van der Waals surface area (Å²) in [4.78, 5) is 14.9. The SMILES string of the molecule is CCSc1nnc(NC(=O)c2ccc(OC)c(S(=O)(=O)N3CCN(c4cccc(Cl)c4)CC3)c2)s1. The number of carbonyl (C=O) groups is 1. The molecule has 0 radical (unpaired) electrons. The van der Waals surface area contributed by atoms with Crippen molar-refractivity contribution >= 4 is 61.4 Å². The van der Waals surface area contributed by atoms with Crippen molar-refractivity contribution in [1.29, 1.82) is 0 Å². The maximum Gasteiger partial charge on any atom is 0.257 e. The summed E-state index contributed by atoms with van der Waals surface area (Å²) in [6.07, 6.45) is 0. The molecule has 186 valence electrons. The molecule has 2 heterocycles. The number of anilines is 2. The Labute approximate surface area is 217 Å². The lowest BCUT2D eigenvalue weighted by Crippen LogP contribution is -2.48. The van der Waals surface area contributed by atoms with E-state index >= 15 is 0 Å². The molecule has 0 atom stereocenters. The van der Waals surface area contributed by atoms with Crippen molar-refractivity contribution in [2.45, 2.75) is 16.2 Å². The predicted molar refractivity (Wildman–Crippen MR) is 140 cm³/mol. The summed E-state index contributed by atoms with van der Waals surface area (Å²) in [6, 6.07) is 11.8. The summed E-state index contributed by atoms with van der Waals surface area (Å²) in [6.45, 7) is 3.60. The van der Waals surface area contributed by atoms with Crippen LogP contribution in [0.5, 0.6) is 5.75 Å². The molecule has 35 heavy (non-hydrogen) atoms. The molecule has 0 unspecified atom stereocenters. The second kappa shape index (κ2) is 11.1. The molecule has 0 aliphatic carbocycles. The van der Waals surface area contributed by atoms with Crippen molar-refractivity contribution in [3.63, 3.8) is 0 Å². The number of nitrogens with zero attached hydrogens (tertiary/aromatic N) is 4. The van der Waals surface area contributed by atoms with E-state index in [2.05, 4.69) is 20.4 Å². The number of sulfonamides is 1. The second-order valence-corrected chi connectivity index (χ2v) is 12.3. The number of hydrogen-bond donors (Lipinski definition) is 1. The Kier molecular flexibility index (Phi) is 8.17. The number of nitrogens with one attached hydrogen (secondary N) is 1. The van der Waals surface area contributed by atoms with Crippen LogP contribution in [-0.4, -0.2) is 67.9 Å². The molecular weight excluding hydrogens is 530 g/mol. The molecule has 0 spiro atoms. The first-order valence-corrected chi connectivity index (χ1v) is 14.4. The molecule has 13 heteroatoms. The van der Waals surface area contributed by atoms with Crippen molar-refractivity contribution < 1.29 is 17.9 Å². The summed E-state index contributed by atoms with van der Waals surface area (Å²) in [5.74, 6) is 0.547. The predicted octanol–water partition coefficient (Wildman–Crippen LogP) is 4.08. The van der Waals surface area contributed by atoms with E-state index in [1.807, 2.05) is 25.1 Å². The third-order valence-electron chi connectivity index (χ3n) is 5.35. The maximum absolute atomic E-state index is 13.5. The third-order valence-corrected chi connectivity index (χ3v) is 9.36. The van der Waals surface area contributed by atoms with Gasteiger partial charge in [-0.2, -0.15) is 4.31 Å². The van der Waals surface area contributed by atoms with Crippen molar-refractivity contribution in [2.24, 2.45) is 0 Å². The summed E-state index contributed by atoms with van der Waals surface area (Å²) in [5.41, 5.74) is 1.13. The summed E-state index contributed by atoms with van der Waals surface area (Å²) < 4.78 is 34.5. The number of methoxy groups -OCH3 is 1. The highest BCUT2D eigenvalue weighted by Gasteiger charge is 2.32. The van der Waals surface area contributed by atoms with E-state index in [1.165, 1.54) is 52.7 Å². The van der Waals surface area contributed by atoms with E-state index in [4.69, 9.17) is 16.3 Å². The zero-order valence-corrected chi connectivity index (χ0v) is 22.3. The average Bonchev–Trinajstić information content (AvgIpc) is 3.30. The van der Waals surface area contributed by atoms with Gasteiger partial charge in [-0.1, -0.05) is 47.7 Å². The molecule has 3 aromatic rings. The van der Waals surface area contributed by atoms with Crippen LogP contribution < -0.4 is 15.0 Å². The zero-order valence-electron chi connectivity index (χ0n) is 19.1. The van der Waals surface area contributed by atoms with E-state index in [9.17, 15) is 13.2 Å². The fraction of sp³-hybridized carbons (Fsp3) is 0.318. The van der Waals surface area contributed by atoms with Gasteiger partial charge < -0.3 is 9.64 Å². The van der Waals surface area contributed by atoms with Gasteiger partial charge in [-0.3, -0.25) is 10.1 Å². The number of rotatable bonds is 8. The minimum Gasteiger partial charge on any atom is -0.495 e. The summed E-state index contributed by atoms with van der Waals surface area (Å²) in [7, 11) is -2.50. The van der Waals surface area contributed by atoms with Crippen LogP contribution in [0, 0.1) is 0 Å². The van der Waals surface area contributed by atoms with Gasteiger partial charge in [-0.15, -0.1) is 10.2 Å². The van der Waals surface area contributed by atoms with Gasteiger partial charge in [0.1, 0.15) is 10.6 Å². The Morgan fingerprint density at radius 2 is 1.94 bits per heavy atom. The molecule has 1 aromatic heterocycles. The van der Waals surface area contributed by atoms with E-state index < -0.39 is 15.9 Å². The fourth-order valence-electron chi connectivity index (χ4n) is 3.63. The topological polar surface area (TPSA) is 105 Å². The van der Waals surface area contributed by atoms with Gasteiger partial charge in [0.05, 0.1) is 7.11 Å². The van der Waals surface area contributed by atoms with E-state index in [0.29, 0.717) is 23.2 Å². The monoisotopic (exact) mass is 553 g/mol. The largest absolute Gasteiger partial charge is 0.495 e. The highest BCUT2D eigenvalue weighted by Crippen LogP contribution is 2.31. The van der Waals surface area contributed by atoms with Gasteiger partial charge in [-0.05, 0) is 42.2 Å². The standard InChI is InChI=1S/C22H24ClN5O4S3/c1-3-33-22-26-25-21(34-22)24-20(29)15-7-8-18(32-2)19(13-15)35(30,31)28-11-9-27(10-12-28)17-6-4-5-16(23)14-17/h4-8,13-14H,3,9-12H2,1-2H3,(H,24,25,29). The van der Waals surface area contributed by atoms with Crippen LogP contribution in [0.2, 0.25) is 5.02 Å². The molecule has 1 aliphatic rings. The molecule has 1 saturated heterocycles. The number of hydrogen-bond acceptors (Lipinski definition) is 9. The van der Waals surface area contributed by atoms with E-state index in [0.717, 1.165) is 15.8 Å². The van der Waals surface area contributed by atoms with Gasteiger partial charge in [0, 0.05) is 42.5 Å². The lowest BCUT2D eigenvalue weighted by molar-refractivity contribution is 0.102. The molecule has 0 bridgehead atoms. The number of ether oxygens (including phenoxy) is 1. The molecule has 1 fully saturated rings. The molecule has 4 rings (SSSR count). The minimum absolute atomic E-state index is 0.0525. The third kappa shape index (κ3) is 5.89.